The van der Waals surface area contributed by atoms with Crippen LogP contribution < -0.4 is 15.4 Å². The average molecular weight is 418 g/mol. The summed E-state index contributed by atoms with van der Waals surface area (Å²) in [7, 11) is 0. The predicted octanol–water partition coefficient (Wildman–Crippen LogP) is 4.96. The number of benzene rings is 2. The Morgan fingerprint density at radius 2 is 1.65 bits per heavy atom. The molecular formula is C17H15Cl3N2O4. The summed E-state index contributed by atoms with van der Waals surface area (Å²) in [4.78, 5) is 23.9. The first-order valence-electron chi connectivity index (χ1n) is 7.40. The third-order valence-electron chi connectivity index (χ3n) is 3.46. The van der Waals surface area contributed by atoms with E-state index >= 15 is 0 Å². The molecule has 0 saturated carbocycles. The summed E-state index contributed by atoms with van der Waals surface area (Å²) >= 11 is 18.0. The van der Waals surface area contributed by atoms with Crippen LogP contribution >= 0.6 is 34.8 Å². The molecule has 0 heterocycles. The molecule has 3 N–H and O–H groups in total. The number of nitrogens with two attached hydrogens (primary N) is 1. The average Bonchev–Trinajstić information content (AvgIpc) is 2.58. The quantitative estimate of drug-likeness (QED) is 0.649. The minimum absolute atomic E-state index is 0.0244. The molecule has 9 heteroatoms. The van der Waals surface area contributed by atoms with E-state index in [1.54, 1.807) is 31.2 Å². The number of nitrogens with zero attached hydrogens (tertiary/aromatic N) is 1. The van der Waals surface area contributed by atoms with Crippen molar-refractivity contribution in [1.82, 2.24) is 0 Å². The van der Waals surface area contributed by atoms with Gasteiger partial charge in [-0.25, -0.2) is 4.79 Å². The Hall–Kier alpha value is -2.15. The smallest absolute Gasteiger partial charge is 0.323 e. The van der Waals surface area contributed by atoms with Crippen LogP contribution in [0.2, 0.25) is 15.1 Å². The Morgan fingerprint density at radius 1 is 1.12 bits per heavy atom. The number of urea groups is 1. The third-order valence-corrected chi connectivity index (χ3v) is 4.66. The fourth-order valence-corrected chi connectivity index (χ4v) is 2.64. The van der Waals surface area contributed by atoms with Gasteiger partial charge in [0.05, 0.1) is 32.4 Å². The van der Waals surface area contributed by atoms with Crippen LogP contribution in [0.5, 0.6) is 5.75 Å². The number of carbonyl (C=O) groups is 2. The van der Waals surface area contributed by atoms with Crippen molar-refractivity contribution in [2.45, 2.75) is 6.92 Å². The van der Waals surface area contributed by atoms with E-state index in [1.807, 2.05) is 0 Å². The molecule has 0 saturated heterocycles. The van der Waals surface area contributed by atoms with Gasteiger partial charge in [0.15, 0.2) is 0 Å². The molecule has 2 aromatic carbocycles. The number of ether oxygens (including phenoxy) is 1. The maximum atomic E-state index is 11.9. The van der Waals surface area contributed by atoms with E-state index in [0.717, 1.165) is 0 Å². The standard InChI is InChI=1S/C17H15Cl3N2O4/c1-9(16(23)24)8-26-12-4-2-10(3-5-12)22(17(21)25)11-6-13(18)15(20)14(19)7-11/h2-7,9H,8H2,1H3,(H2,21,25)(H,23,24). The van der Waals surface area contributed by atoms with Gasteiger partial charge in [-0.3, -0.25) is 9.69 Å². The van der Waals surface area contributed by atoms with E-state index in [2.05, 4.69) is 0 Å². The maximum absolute atomic E-state index is 11.9. The number of carboxylic acids is 1. The Kier molecular flexibility index (Phi) is 6.58. The molecule has 0 aromatic heterocycles. The number of carbonyl (C=O) groups excluding carboxylic acids is 1. The van der Waals surface area contributed by atoms with Crippen molar-refractivity contribution >= 4 is 58.2 Å². The molecular weight excluding hydrogens is 403 g/mol. The van der Waals surface area contributed by atoms with Crippen molar-refractivity contribution in [3.8, 4) is 5.75 Å². The first-order chi connectivity index (χ1) is 12.2. The van der Waals surface area contributed by atoms with E-state index in [0.29, 0.717) is 17.1 Å². The molecule has 2 rings (SSSR count). The van der Waals surface area contributed by atoms with Crippen molar-refractivity contribution in [2.75, 3.05) is 11.5 Å². The minimum Gasteiger partial charge on any atom is -0.493 e. The zero-order chi connectivity index (χ0) is 19.4. The summed E-state index contributed by atoms with van der Waals surface area (Å²) in [6.45, 7) is 1.57. The van der Waals surface area contributed by atoms with Gasteiger partial charge in [-0.15, -0.1) is 0 Å². The van der Waals surface area contributed by atoms with Crippen molar-refractivity contribution in [1.29, 1.82) is 0 Å². The van der Waals surface area contributed by atoms with Gasteiger partial charge in [-0.2, -0.15) is 0 Å². The number of anilines is 2. The lowest BCUT2D eigenvalue weighted by atomic mass is 10.2. The molecule has 0 fully saturated rings. The number of primary amides is 1. The van der Waals surface area contributed by atoms with Crippen LogP contribution in [0.1, 0.15) is 6.92 Å². The fourth-order valence-electron chi connectivity index (χ4n) is 2.06. The van der Waals surface area contributed by atoms with E-state index in [-0.39, 0.29) is 21.7 Å². The first-order valence-corrected chi connectivity index (χ1v) is 8.54. The molecule has 0 aliphatic heterocycles. The molecule has 2 amide bonds. The van der Waals surface area contributed by atoms with Crippen LogP contribution in [0.25, 0.3) is 0 Å². The SMILES string of the molecule is CC(COc1ccc(N(C(N)=O)c2cc(Cl)c(Cl)c(Cl)c2)cc1)C(=O)O. The molecule has 0 bridgehead atoms. The van der Waals surface area contributed by atoms with Gasteiger partial charge in [-0.1, -0.05) is 34.8 Å². The van der Waals surface area contributed by atoms with Crippen molar-refractivity contribution in [3.63, 3.8) is 0 Å². The Bertz CT molecular complexity index is 804. The number of aliphatic carboxylic acids is 1. The normalized spacial score (nSPS) is 11.7. The summed E-state index contributed by atoms with van der Waals surface area (Å²) in [6.07, 6.45) is 0. The van der Waals surface area contributed by atoms with Crippen LogP contribution in [0.4, 0.5) is 16.2 Å². The zero-order valence-electron chi connectivity index (χ0n) is 13.6. The summed E-state index contributed by atoms with van der Waals surface area (Å²) in [6, 6.07) is 8.59. The molecule has 138 valence electrons. The highest BCUT2D eigenvalue weighted by Gasteiger charge is 2.18. The molecule has 6 nitrogen and oxygen atoms in total. The van der Waals surface area contributed by atoms with Gasteiger partial charge in [0.2, 0.25) is 0 Å². The van der Waals surface area contributed by atoms with E-state index in [9.17, 15) is 9.59 Å². The van der Waals surface area contributed by atoms with Gasteiger partial charge in [-0.05, 0) is 43.3 Å². The van der Waals surface area contributed by atoms with E-state index in [4.69, 9.17) is 50.4 Å². The van der Waals surface area contributed by atoms with Crippen molar-refractivity contribution in [3.05, 3.63) is 51.5 Å². The Labute approximate surface area is 165 Å². The van der Waals surface area contributed by atoms with Crippen molar-refractivity contribution in [2.24, 2.45) is 11.7 Å². The number of hydrogen-bond donors (Lipinski definition) is 2. The molecule has 2 aromatic rings. The molecule has 1 unspecified atom stereocenters. The molecule has 26 heavy (non-hydrogen) atoms. The molecule has 0 spiro atoms. The minimum atomic E-state index is -0.946. The number of hydrogen-bond acceptors (Lipinski definition) is 3. The summed E-state index contributed by atoms with van der Waals surface area (Å²) in [5, 5.41) is 9.40. The molecule has 0 aliphatic carbocycles. The lowest BCUT2D eigenvalue weighted by molar-refractivity contribution is -0.142. The summed E-state index contributed by atoms with van der Waals surface area (Å²) in [5.74, 6) is -1.13. The highest BCUT2D eigenvalue weighted by atomic mass is 35.5. The topological polar surface area (TPSA) is 92.9 Å². The van der Waals surface area contributed by atoms with Gasteiger partial charge in [0.25, 0.3) is 0 Å². The fraction of sp³-hybridized carbons (Fsp3) is 0.176. The van der Waals surface area contributed by atoms with E-state index in [1.165, 1.54) is 17.0 Å². The van der Waals surface area contributed by atoms with Crippen molar-refractivity contribution < 1.29 is 19.4 Å². The van der Waals surface area contributed by atoms with Crippen LogP contribution in [0.3, 0.4) is 0 Å². The second-order valence-corrected chi connectivity index (χ2v) is 6.63. The maximum Gasteiger partial charge on any atom is 0.323 e. The summed E-state index contributed by atoms with van der Waals surface area (Å²) in [5.41, 5.74) is 6.28. The third kappa shape index (κ3) is 4.72. The van der Waals surface area contributed by atoms with Crippen LogP contribution in [-0.2, 0) is 4.79 Å². The molecule has 0 radical (unpaired) electrons. The number of amides is 2. The highest BCUT2D eigenvalue weighted by molar-refractivity contribution is 6.48. The monoisotopic (exact) mass is 416 g/mol. The molecule has 0 aliphatic rings. The predicted molar refractivity (Wildman–Crippen MR) is 102 cm³/mol. The number of halogens is 3. The number of carboxylic acid groups (broad SMARTS) is 1. The summed E-state index contributed by atoms with van der Waals surface area (Å²) < 4.78 is 5.41. The van der Waals surface area contributed by atoms with Crippen LogP contribution in [0, 0.1) is 5.92 Å². The Morgan fingerprint density at radius 3 is 2.12 bits per heavy atom. The van der Waals surface area contributed by atoms with Gasteiger partial charge in [0, 0.05) is 0 Å². The van der Waals surface area contributed by atoms with Crippen LogP contribution in [0.15, 0.2) is 36.4 Å². The second kappa shape index (κ2) is 8.49. The number of rotatable bonds is 6. The lowest BCUT2D eigenvalue weighted by Crippen LogP contribution is -2.31. The van der Waals surface area contributed by atoms with Gasteiger partial charge < -0.3 is 15.6 Å². The van der Waals surface area contributed by atoms with Gasteiger partial charge in [0.1, 0.15) is 12.4 Å². The van der Waals surface area contributed by atoms with Gasteiger partial charge >= 0.3 is 12.0 Å². The van der Waals surface area contributed by atoms with E-state index < -0.39 is 17.9 Å². The zero-order valence-corrected chi connectivity index (χ0v) is 15.8. The van der Waals surface area contributed by atoms with Crippen LogP contribution in [-0.4, -0.2) is 23.7 Å². The largest absolute Gasteiger partial charge is 0.493 e. The molecule has 1 atom stereocenters. The second-order valence-electron chi connectivity index (χ2n) is 5.44. The first kappa shape index (κ1) is 20.2. The lowest BCUT2D eigenvalue weighted by Gasteiger charge is -2.22. The highest BCUT2D eigenvalue weighted by Crippen LogP contribution is 2.37. The Balaban J connectivity index is 2.26.